The van der Waals surface area contributed by atoms with Crippen LogP contribution in [0.25, 0.3) is 0 Å². The molecule has 146 valence electrons. The molecule has 0 spiro atoms. The molecule has 28 heavy (non-hydrogen) atoms. The van der Waals surface area contributed by atoms with Gasteiger partial charge in [0.2, 0.25) is 5.91 Å². The molecule has 2 amide bonds. The van der Waals surface area contributed by atoms with E-state index in [-0.39, 0.29) is 23.6 Å². The Morgan fingerprint density at radius 3 is 2.68 bits per heavy atom. The first kappa shape index (κ1) is 19.2. The number of nitrogens with zero attached hydrogens (tertiary/aromatic N) is 1. The molecule has 1 heterocycles. The quantitative estimate of drug-likeness (QED) is 0.543. The van der Waals surface area contributed by atoms with E-state index in [0.29, 0.717) is 41.7 Å². The van der Waals surface area contributed by atoms with Crippen molar-refractivity contribution in [1.29, 1.82) is 0 Å². The van der Waals surface area contributed by atoms with Gasteiger partial charge in [0.15, 0.2) is 11.5 Å². The second-order valence-corrected chi connectivity index (χ2v) is 6.34. The Kier molecular flexibility index (Phi) is 5.78. The third-order valence-corrected chi connectivity index (χ3v) is 4.07. The molecule has 0 saturated carbocycles. The molecule has 3 N–H and O–H groups in total. The van der Waals surface area contributed by atoms with E-state index in [4.69, 9.17) is 9.47 Å². The van der Waals surface area contributed by atoms with Crippen LogP contribution in [-0.2, 0) is 4.79 Å². The highest BCUT2D eigenvalue weighted by molar-refractivity contribution is 6.06. The zero-order chi connectivity index (χ0) is 20.1. The topological polar surface area (TPSA) is 109 Å². The van der Waals surface area contributed by atoms with Gasteiger partial charge < -0.3 is 19.9 Å². The number of para-hydroxylation sites is 1. The molecule has 3 rings (SSSR count). The lowest BCUT2D eigenvalue weighted by Gasteiger charge is -2.19. The second kappa shape index (κ2) is 8.43. The predicted octanol–water partition coefficient (Wildman–Crippen LogP) is 2.61. The molecule has 0 unspecified atom stereocenters. The minimum Gasteiger partial charge on any atom is -0.507 e. The van der Waals surface area contributed by atoms with Crippen molar-refractivity contribution in [2.75, 3.05) is 18.5 Å². The van der Waals surface area contributed by atoms with E-state index in [9.17, 15) is 14.7 Å². The number of hydrogen-bond donors (Lipinski definition) is 3. The van der Waals surface area contributed by atoms with Crippen LogP contribution >= 0.6 is 0 Å². The van der Waals surface area contributed by atoms with Crippen LogP contribution in [0.2, 0.25) is 0 Å². The molecule has 8 nitrogen and oxygen atoms in total. The summed E-state index contributed by atoms with van der Waals surface area (Å²) in [5, 5.41) is 16.6. The summed E-state index contributed by atoms with van der Waals surface area (Å²) in [6.07, 6.45) is -0.00544. The van der Waals surface area contributed by atoms with Crippen LogP contribution in [-0.4, -0.2) is 35.8 Å². The molecule has 0 saturated heterocycles. The number of carbonyl (C=O) groups excluding carboxylic acids is 2. The first-order valence-electron chi connectivity index (χ1n) is 8.75. The number of aryl methyl sites for hydroxylation is 1. The van der Waals surface area contributed by atoms with Gasteiger partial charge in [0.1, 0.15) is 19.0 Å². The van der Waals surface area contributed by atoms with Gasteiger partial charge in [-0.15, -0.1) is 0 Å². The van der Waals surface area contributed by atoms with Crippen molar-refractivity contribution in [2.24, 2.45) is 5.10 Å². The fourth-order valence-corrected chi connectivity index (χ4v) is 2.65. The maximum atomic E-state index is 12.2. The third-order valence-electron chi connectivity index (χ3n) is 4.07. The molecule has 0 aliphatic carbocycles. The number of nitrogens with one attached hydrogen (secondary N) is 2. The minimum atomic E-state index is -0.548. The van der Waals surface area contributed by atoms with Gasteiger partial charge in [-0.05, 0) is 37.6 Å². The van der Waals surface area contributed by atoms with Gasteiger partial charge in [-0.25, -0.2) is 5.43 Å². The summed E-state index contributed by atoms with van der Waals surface area (Å²) >= 11 is 0. The number of hydrazone groups is 1. The Morgan fingerprint density at radius 1 is 1.14 bits per heavy atom. The smallest absolute Gasteiger partial charge is 0.275 e. The highest BCUT2D eigenvalue weighted by Gasteiger charge is 2.14. The normalized spacial score (nSPS) is 13.0. The van der Waals surface area contributed by atoms with E-state index in [1.807, 2.05) is 0 Å². The average molecular weight is 383 g/mol. The standard InChI is InChI=1S/C20H21N3O5/c1-12-4-3-5-15(19(12)25)20(26)23-22-13(2)10-18(24)21-14-6-7-16-17(11-14)28-9-8-27-16/h3-7,11,25H,8-10H2,1-2H3,(H,21,24)(H,23,26)/b22-13-. The Hall–Kier alpha value is -3.55. The highest BCUT2D eigenvalue weighted by Crippen LogP contribution is 2.32. The van der Waals surface area contributed by atoms with Crippen LogP contribution in [0.1, 0.15) is 29.3 Å². The fraction of sp³-hybridized carbons (Fsp3) is 0.250. The Balaban J connectivity index is 1.56. The molecular weight excluding hydrogens is 362 g/mol. The van der Waals surface area contributed by atoms with E-state index in [0.717, 1.165) is 0 Å². The number of benzene rings is 2. The lowest BCUT2D eigenvalue weighted by Crippen LogP contribution is -2.22. The van der Waals surface area contributed by atoms with Gasteiger partial charge in [0.25, 0.3) is 5.91 Å². The molecule has 8 heteroatoms. The summed E-state index contributed by atoms with van der Waals surface area (Å²) in [4.78, 5) is 24.3. The number of phenols is 1. The number of ether oxygens (including phenoxy) is 2. The predicted molar refractivity (Wildman–Crippen MR) is 104 cm³/mol. The van der Waals surface area contributed by atoms with Gasteiger partial charge in [0, 0.05) is 17.5 Å². The summed E-state index contributed by atoms with van der Waals surface area (Å²) in [7, 11) is 0. The number of fused-ring (bicyclic) bond motifs is 1. The zero-order valence-corrected chi connectivity index (χ0v) is 15.6. The van der Waals surface area contributed by atoms with E-state index in [1.165, 1.54) is 6.07 Å². The number of aromatic hydroxyl groups is 1. The van der Waals surface area contributed by atoms with Gasteiger partial charge in [-0.2, -0.15) is 5.10 Å². The van der Waals surface area contributed by atoms with E-state index < -0.39 is 5.91 Å². The Bertz CT molecular complexity index is 939. The van der Waals surface area contributed by atoms with Gasteiger partial charge in [-0.3, -0.25) is 9.59 Å². The first-order valence-corrected chi connectivity index (χ1v) is 8.75. The maximum absolute atomic E-state index is 12.2. The SMILES string of the molecule is C/C(CC(=O)Nc1ccc2c(c1)OCCO2)=N/NC(=O)c1cccc(C)c1O. The fourth-order valence-electron chi connectivity index (χ4n) is 2.65. The van der Waals surface area contributed by atoms with Crippen LogP contribution in [0.15, 0.2) is 41.5 Å². The molecule has 2 aromatic rings. The molecule has 2 aromatic carbocycles. The maximum Gasteiger partial charge on any atom is 0.275 e. The monoisotopic (exact) mass is 383 g/mol. The van der Waals surface area contributed by atoms with Crippen LogP contribution < -0.4 is 20.2 Å². The van der Waals surface area contributed by atoms with Crippen LogP contribution in [0.5, 0.6) is 17.2 Å². The average Bonchev–Trinajstić information content (AvgIpc) is 2.68. The molecule has 0 fully saturated rings. The molecule has 1 aliphatic rings. The van der Waals surface area contributed by atoms with Crippen LogP contribution in [0.3, 0.4) is 0 Å². The summed E-state index contributed by atoms with van der Waals surface area (Å²) in [5.41, 5.74) is 4.05. The van der Waals surface area contributed by atoms with Gasteiger partial charge in [0.05, 0.1) is 12.0 Å². The molecular formula is C20H21N3O5. The summed E-state index contributed by atoms with van der Waals surface area (Å²) < 4.78 is 10.9. The number of rotatable bonds is 5. The van der Waals surface area contributed by atoms with Crippen LogP contribution in [0.4, 0.5) is 5.69 Å². The van der Waals surface area contributed by atoms with Crippen molar-refractivity contribution >= 4 is 23.2 Å². The van der Waals surface area contributed by atoms with Gasteiger partial charge >= 0.3 is 0 Å². The zero-order valence-electron chi connectivity index (χ0n) is 15.6. The summed E-state index contributed by atoms with van der Waals surface area (Å²) in [6.45, 7) is 4.29. The molecule has 0 bridgehead atoms. The third kappa shape index (κ3) is 4.59. The molecule has 1 aliphatic heterocycles. The second-order valence-electron chi connectivity index (χ2n) is 6.34. The lowest BCUT2D eigenvalue weighted by molar-refractivity contribution is -0.115. The van der Waals surface area contributed by atoms with Crippen molar-refractivity contribution in [3.63, 3.8) is 0 Å². The number of phenolic OH excluding ortho intramolecular Hbond substituents is 1. The summed E-state index contributed by atoms with van der Waals surface area (Å²) in [5.74, 6) is 0.298. The van der Waals surface area contributed by atoms with E-state index in [2.05, 4.69) is 15.8 Å². The molecule has 0 radical (unpaired) electrons. The molecule has 0 atom stereocenters. The largest absolute Gasteiger partial charge is 0.507 e. The molecule has 0 aromatic heterocycles. The number of hydrogen-bond acceptors (Lipinski definition) is 6. The van der Waals surface area contributed by atoms with Crippen molar-refractivity contribution in [3.05, 3.63) is 47.5 Å². The number of anilines is 1. The Labute approximate surface area is 162 Å². The number of amides is 2. The number of carbonyl (C=O) groups is 2. The lowest BCUT2D eigenvalue weighted by atomic mass is 10.1. The van der Waals surface area contributed by atoms with E-state index in [1.54, 1.807) is 44.2 Å². The highest BCUT2D eigenvalue weighted by atomic mass is 16.6. The van der Waals surface area contributed by atoms with Crippen molar-refractivity contribution in [1.82, 2.24) is 5.43 Å². The first-order chi connectivity index (χ1) is 13.4. The van der Waals surface area contributed by atoms with Crippen molar-refractivity contribution < 1.29 is 24.2 Å². The van der Waals surface area contributed by atoms with Crippen LogP contribution in [0, 0.1) is 6.92 Å². The minimum absolute atomic E-state index is 0.00544. The van der Waals surface area contributed by atoms with Crippen molar-refractivity contribution in [3.8, 4) is 17.2 Å². The van der Waals surface area contributed by atoms with E-state index >= 15 is 0 Å². The van der Waals surface area contributed by atoms with Gasteiger partial charge in [-0.1, -0.05) is 12.1 Å². The van der Waals surface area contributed by atoms with Crippen molar-refractivity contribution in [2.45, 2.75) is 20.3 Å². The Morgan fingerprint density at radius 2 is 1.89 bits per heavy atom. The summed E-state index contributed by atoms with van der Waals surface area (Å²) in [6, 6.07) is 10.0.